The van der Waals surface area contributed by atoms with Crippen LogP contribution in [0.5, 0.6) is 5.75 Å². The van der Waals surface area contributed by atoms with Crippen molar-refractivity contribution in [1.29, 1.82) is 0 Å². The van der Waals surface area contributed by atoms with Crippen molar-refractivity contribution in [2.75, 3.05) is 7.11 Å². The first kappa shape index (κ1) is 10.2. The minimum atomic E-state index is 0.674. The molecule has 0 aliphatic rings. The molecular formula is C12H12ClNO. The number of aryl methyl sites for hydroxylation is 2. The normalized spacial score (nSPS) is 10.7. The van der Waals surface area contributed by atoms with Crippen LogP contribution >= 0.6 is 11.6 Å². The van der Waals surface area contributed by atoms with E-state index in [1.807, 2.05) is 32.0 Å². The maximum atomic E-state index is 6.01. The molecule has 0 radical (unpaired) electrons. The van der Waals surface area contributed by atoms with Crippen molar-refractivity contribution in [2.24, 2.45) is 0 Å². The number of nitrogens with zero attached hydrogens (tertiary/aromatic N) is 1. The predicted octanol–water partition coefficient (Wildman–Crippen LogP) is 3.51. The van der Waals surface area contributed by atoms with Crippen LogP contribution in [0, 0.1) is 13.8 Å². The number of ether oxygens (including phenoxy) is 1. The Morgan fingerprint density at radius 1 is 1.13 bits per heavy atom. The highest BCUT2D eigenvalue weighted by Gasteiger charge is 2.07. The molecule has 1 aromatic carbocycles. The van der Waals surface area contributed by atoms with E-state index < -0.39 is 0 Å². The number of methoxy groups -OCH3 is 1. The van der Waals surface area contributed by atoms with E-state index in [1.165, 1.54) is 0 Å². The van der Waals surface area contributed by atoms with Crippen LogP contribution in [0.4, 0.5) is 0 Å². The molecule has 78 valence electrons. The summed E-state index contributed by atoms with van der Waals surface area (Å²) in [5, 5.41) is 2.78. The second kappa shape index (κ2) is 3.70. The van der Waals surface area contributed by atoms with Gasteiger partial charge in [-0.1, -0.05) is 11.6 Å². The van der Waals surface area contributed by atoms with Gasteiger partial charge in [0.25, 0.3) is 0 Å². The average molecular weight is 222 g/mol. The van der Waals surface area contributed by atoms with Gasteiger partial charge in [0.1, 0.15) is 5.75 Å². The van der Waals surface area contributed by atoms with Gasteiger partial charge in [0, 0.05) is 27.2 Å². The molecule has 0 saturated carbocycles. The highest BCUT2D eigenvalue weighted by Crippen LogP contribution is 2.31. The molecule has 0 N–H and O–H groups in total. The number of pyridine rings is 1. The highest BCUT2D eigenvalue weighted by molar-refractivity contribution is 6.31. The Kier molecular flexibility index (Phi) is 2.53. The molecule has 2 aromatic rings. The van der Waals surface area contributed by atoms with Crippen molar-refractivity contribution in [3.63, 3.8) is 0 Å². The molecule has 0 bridgehead atoms. The van der Waals surface area contributed by atoms with Crippen molar-refractivity contribution in [3.05, 3.63) is 34.6 Å². The maximum Gasteiger partial charge on any atom is 0.128 e. The molecule has 2 nitrogen and oxygen atoms in total. The number of fused-ring (bicyclic) bond motifs is 1. The van der Waals surface area contributed by atoms with Gasteiger partial charge in [0.2, 0.25) is 0 Å². The topological polar surface area (TPSA) is 22.1 Å². The Bertz CT molecular complexity index is 523. The predicted molar refractivity (Wildman–Crippen MR) is 62.8 cm³/mol. The zero-order valence-corrected chi connectivity index (χ0v) is 9.72. The van der Waals surface area contributed by atoms with Gasteiger partial charge in [0.05, 0.1) is 7.11 Å². The van der Waals surface area contributed by atoms with Gasteiger partial charge in [-0.2, -0.15) is 0 Å². The largest absolute Gasteiger partial charge is 0.496 e. The molecule has 0 atom stereocenters. The van der Waals surface area contributed by atoms with Crippen LogP contribution in [0.3, 0.4) is 0 Å². The molecule has 3 heteroatoms. The molecule has 15 heavy (non-hydrogen) atoms. The van der Waals surface area contributed by atoms with Gasteiger partial charge in [-0.3, -0.25) is 4.98 Å². The molecule has 0 aliphatic carbocycles. The molecule has 0 fully saturated rings. The van der Waals surface area contributed by atoms with Gasteiger partial charge in [-0.05, 0) is 32.0 Å². The summed E-state index contributed by atoms with van der Waals surface area (Å²) < 4.78 is 5.31. The zero-order chi connectivity index (χ0) is 11.0. The maximum absolute atomic E-state index is 6.01. The number of rotatable bonds is 1. The van der Waals surface area contributed by atoms with E-state index in [1.54, 1.807) is 7.11 Å². The molecule has 1 aromatic heterocycles. The number of hydrogen-bond acceptors (Lipinski definition) is 2. The quantitative estimate of drug-likeness (QED) is 0.735. The number of benzene rings is 1. The lowest BCUT2D eigenvalue weighted by Gasteiger charge is -2.09. The Labute approximate surface area is 93.8 Å². The van der Waals surface area contributed by atoms with Crippen molar-refractivity contribution in [2.45, 2.75) is 13.8 Å². The Morgan fingerprint density at radius 3 is 2.53 bits per heavy atom. The first-order chi connectivity index (χ1) is 7.11. The molecule has 2 rings (SSSR count). The Balaban J connectivity index is 2.89. The highest BCUT2D eigenvalue weighted by atomic mass is 35.5. The van der Waals surface area contributed by atoms with Gasteiger partial charge in [0.15, 0.2) is 0 Å². The second-order valence-corrected chi connectivity index (χ2v) is 3.99. The van der Waals surface area contributed by atoms with Crippen LogP contribution in [0.25, 0.3) is 10.8 Å². The van der Waals surface area contributed by atoms with Crippen LogP contribution in [0.15, 0.2) is 18.2 Å². The lowest BCUT2D eigenvalue weighted by molar-refractivity contribution is 0.420. The fourth-order valence-corrected chi connectivity index (χ4v) is 1.98. The monoisotopic (exact) mass is 221 g/mol. The van der Waals surface area contributed by atoms with Crippen molar-refractivity contribution in [1.82, 2.24) is 4.98 Å². The summed E-state index contributed by atoms with van der Waals surface area (Å²) in [5.74, 6) is 0.797. The third kappa shape index (κ3) is 1.77. The summed E-state index contributed by atoms with van der Waals surface area (Å²) in [4.78, 5) is 4.40. The summed E-state index contributed by atoms with van der Waals surface area (Å²) in [5.41, 5.74) is 1.96. The molecule has 0 unspecified atom stereocenters. The molecule has 0 amide bonds. The summed E-state index contributed by atoms with van der Waals surface area (Å²) in [7, 11) is 1.65. The molecule has 1 heterocycles. The minimum absolute atomic E-state index is 0.674. The van der Waals surface area contributed by atoms with Crippen molar-refractivity contribution >= 4 is 22.4 Å². The van der Waals surface area contributed by atoms with E-state index in [9.17, 15) is 0 Å². The lowest BCUT2D eigenvalue weighted by atomic mass is 10.1. The summed E-state index contributed by atoms with van der Waals surface area (Å²) in [6, 6.07) is 5.75. The summed E-state index contributed by atoms with van der Waals surface area (Å²) in [6.07, 6.45) is 0. The lowest BCUT2D eigenvalue weighted by Crippen LogP contribution is -1.91. The average Bonchev–Trinajstić information content (AvgIpc) is 2.18. The van der Waals surface area contributed by atoms with Gasteiger partial charge >= 0.3 is 0 Å². The van der Waals surface area contributed by atoms with Gasteiger partial charge in [-0.15, -0.1) is 0 Å². The number of aromatic nitrogens is 1. The first-order valence-corrected chi connectivity index (χ1v) is 5.11. The molecule has 0 spiro atoms. The van der Waals surface area contributed by atoms with Crippen LogP contribution in [0.2, 0.25) is 5.02 Å². The van der Waals surface area contributed by atoms with E-state index in [0.717, 1.165) is 27.9 Å². The van der Waals surface area contributed by atoms with Gasteiger partial charge < -0.3 is 4.74 Å². The standard InChI is InChI=1S/C12H12ClNO/c1-7-4-11-10(8(2)14-7)5-9(13)6-12(11)15-3/h4-6H,1-3H3. The molecule has 0 saturated heterocycles. The fourth-order valence-electron chi connectivity index (χ4n) is 1.78. The second-order valence-electron chi connectivity index (χ2n) is 3.55. The number of hydrogen-bond donors (Lipinski definition) is 0. The summed E-state index contributed by atoms with van der Waals surface area (Å²) in [6.45, 7) is 3.95. The number of halogens is 1. The Morgan fingerprint density at radius 2 is 1.87 bits per heavy atom. The molecule has 0 aliphatic heterocycles. The third-order valence-electron chi connectivity index (χ3n) is 2.41. The fraction of sp³-hybridized carbons (Fsp3) is 0.250. The smallest absolute Gasteiger partial charge is 0.128 e. The van der Waals surface area contributed by atoms with Crippen molar-refractivity contribution in [3.8, 4) is 5.75 Å². The van der Waals surface area contributed by atoms with Crippen molar-refractivity contribution < 1.29 is 4.74 Å². The van der Waals surface area contributed by atoms with Crippen LogP contribution in [-0.2, 0) is 0 Å². The third-order valence-corrected chi connectivity index (χ3v) is 2.63. The SMILES string of the molecule is COc1cc(Cl)cc2c(C)nc(C)cc12. The van der Waals surface area contributed by atoms with E-state index in [4.69, 9.17) is 16.3 Å². The zero-order valence-electron chi connectivity index (χ0n) is 8.97. The van der Waals surface area contributed by atoms with Crippen LogP contribution in [-0.4, -0.2) is 12.1 Å². The van der Waals surface area contributed by atoms with Gasteiger partial charge in [-0.25, -0.2) is 0 Å². The van der Waals surface area contributed by atoms with E-state index in [-0.39, 0.29) is 0 Å². The summed E-state index contributed by atoms with van der Waals surface area (Å²) >= 11 is 6.01. The van der Waals surface area contributed by atoms with E-state index in [0.29, 0.717) is 5.02 Å². The Hall–Kier alpha value is -1.28. The van der Waals surface area contributed by atoms with E-state index >= 15 is 0 Å². The minimum Gasteiger partial charge on any atom is -0.496 e. The van der Waals surface area contributed by atoms with Crippen LogP contribution < -0.4 is 4.74 Å². The molecular weight excluding hydrogens is 210 g/mol. The van der Waals surface area contributed by atoms with Crippen LogP contribution in [0.1, 0.15) is 11.4 Å². The first-order valence-electron chi connectivity index (χ1n) is 4.73. The van der Waals surface area contributed by atoms with E-state index in [2.05, 4.69) is 4.98 Å².